The lowest BCUT2D eigenvalue weighted by molar-refractivity contribution is -0.139. The number of hydrogen-bond acceptors (Lipinski definition) is 3. The molecule has 2 aromatic carbocycles. The van der Waals surface area contributed by atoms with E-state index in [1.54, 1.807) is 7.05 Å². The molecule has 1 aliphatic rings. The Morgan fingerprint density at radius 2 is 2.04 bits per heavy atom. The van der Waals surface area contributed by atoms with E-state index >= 15 is 0 Å². The second-order valence-electron chi connectivity index (χ2n) is 7.14. The molecule has 3 rings (SSSR count). The maximum atomic E-state index is 11.7. The van der Waals surface area contributed by atoms with Crippen molar-refractivity contribution in [1.29, 1.82) is 0 Å². The first-order chi connectivity index (χ1) is 13.1. The predicted octanol–water partition coefficient (Wildman–Crippen LogP) is 3.75. The van der Waals surface area contributed by atoms with Gasteiger partial charge in [-0.3, -0.25) is 4.79 Å². The standard InChI is InChI=1S/C22H29NO3S/c1-16-12-14-27(21(16)20(23-2)22(24)25)19-10-6-9-18(15-19)26-13-11-17-7-4-3-5-8-17/h3-10,15-16,20-21,23,27H,11-14H2,1-2H3,(H,24,25)/t16-,20?,21-/m1/s1. The van der Waals surface area contributed by atoms with E-state index in [2.05, 4.69) is 36.5 Å². The molecule has 4 atom stereocenters. The summed E-state index contributed by atoms with van der Waals surface area (Å²) in [7, 11) is 1.23. The largest absolute Gasteiger partial charge is 0.493 e. The first-order valence-corrected chi connectivity index (χ1v) is 11.1. The van der Waals surface area contributed by atoms with Crippen molar-refractivity contribution >= 4 is 16.9 Å². The van der Waals surface area contributed by atoms with Gasteiger partial charge in [0.25, 0.3) is 0 Å². The molecule has 1 fully saturated rings. The molecule has 27 heavy (non-hydrogen) atoms. The number of ether oxygens (including phenoxy) is 1. The number of carboxylic acid groups (broad SMARTS) is 1. The fraction of sp³-hybridized carbons (Fsp3) is 0.409. The van der Waals surface area contributed by atoms with E-state index in [9.17, 15) is 9.90 Å². The Bertz CT molecular complexity index is 752. The number of hydrogen-bond donors (Lipinski definition) is 3. The number of thiol groups is 1. The first-order valence-electron chi connectivity index (χ1n) is 9.53. The SMILES string of the molecule is CNC(C(=O)O)[C@H]1[C@H](C)CC[SH]1c1cccc(OCCc2ccccc2)c1. The lowest BCUT2D eigenvalue weighted by Crippen LogP contribution is -2.45. The molecule has 2 aromatic rings. The smallest absolute Gasteiger partial charge is 0.321 e. The van der Waals surface area contributed by atoms with Gasteiger partial charge in [0.15, 0.2) is 0 Å². The van der Waals surface area contributed by atoms with Crippen molar-refractivity contribution in [2.75, 3.05) is 19.4 Å². The van der Waals surface area contributed by atoms with E-state index in [0.29, 0.717) is 12.5 Å². The molecule has 1 heterocycles. The number of carboxylic acids is 1. The van der Waals surface area contributed by atoms with Crippen LogP contribution in [0.3, 0.4) is 0 Å². The zero-order valence-electron chi connectivity index (χ0n) is 16.0. The van der Waals surface area contributed by atoms with Gasteiger partial charge in [-0.15, -0.1) is 0 Å². The van der Waals surface area contributed by atoms with Gasteiger partial charge in [0.05, 0.1) is 6.61 Å². The summed E-state index contributed by atoms with van der Waals surface area (Å²) >= 11 is 0. The molecular weight excluding hydrogens is 358 g/mol. The fourth-order valence-corrected chi connectivity index (χ4v) is 7.46. The van der Waals surface area contributed by atoms with Crippen LogP contribution in [0.4, 0.5) is 0 Å². The van der Waals surface area contributed by atoms with Crippen LogP contribution in [0.25, 0.3) is 0 Å². The molecule has 146 valence electrons. The summed E-state index contributed by atoms with van der Waals surface area (Å²) in [5.41, 5.74) is 1.26. The van der Waals surface area contributed by atoms with Gasteiger partial charge in [-0.1, -0.05) is 49.4 Å². The zero-order valence-corrected chi connectivity index (χ0v) is 16.9. The summed E-state index contributed by atoms with van der Waals surface area (Å²) in [5.74, 6) is 1.62. The quantitative estimate of drug-likeness (QED) is 0.604. The molecule has 0 aromatic heterocycles. The molecule has 1 aliphatic heterocycles. The summed E-state index contributed by atoms with van der Waals surface area (Å²) < 4.78 is 5.98. The van der Waals surface area contributed by atoms with Crippen LogP contribution in [-0.2, 0) is 11.2 Å². The Morgan fingerprint density at radius 3 is 2.74 bits per heavy atom. The second kappa shape index (κ2) is 9.29. The molecule has 2 N–H and O–H groups in total. The number of aliphatic carboxylic acids is 1. The first kappa shape index (κ1) is 19.8. The molecule has 0 spiro atoms. The normalized spacial score (nSPS) is 24.4. The monoisotopic (exact) mass is 387 g/mol. The van der Waals surface area contributed by atoms with Crippen LogP contribution in [0.15, 0.2) is 59.5 Å². The van der Waals surface area contributed by atoms with Gasteiger partial charge in [-0.05, 0) is 47.7 Å². The molecular formula is C22H29NO3S. The highest BCUT2D eigenvalue weighted by Crippen LogP contribution is 2.52. The molecule has 0 saturated carbocycles. The Morgan fingerprint density at radius 1 is 1.26 bits per heavy atom. The van der Waals surface area contributed by atoms with Crippen LogP contribution in [0.5, 0.6) is 5.75 Å². The minimum Gasteiger partial charge on any atom is -0.493 e. The summed E-state index contributed by atoms with van der Waals surface area (Å²) in [6, 6.07) is 18.1. The Labute approximate surface area is 164 Å². The highest BCUT2D eigenvalue weighted by Gasteiger charge is 2.40. The van der Waals surface area contributed by atoms with E-state index in [-0.39, 0.29) is 5.25 Å². The zero-order chi connectivity index (χ0) is 19.2. The average Bonchev–Trinajstić information content (AvgIpc) is 3.05. The summed E-state index contributed by atoms with van der Waals surface area (Å²) in [5, 5.41) is 12.8. The highest BCUT2D eigenvalue weighted by atomic mass is 32.2. The average molecular weight is 388 g/mol. The predicted molar refractivity (Wildman–Crippen MR) is 112 cm³/mol. The Balaban J connectivity index is 1.69. The summed E-state index contributed by atoms with van der Waals surface area (Å²) in [6.45, 7) is 2.82. The van der Waals surface area contributed by atoms with Crippen LogP contribution in [0, 0.1) is 5.92 Å². The van der Waals surface area contributed by atoms with Gasteiger partial charge < -0.3 is 15.2 Å². The van der Waals surface area contributed by atoms with Crippen molar-refractivity contribution < 1.29 is 14.6 Å². The number of benzene rings is 2. The van der Waals surface area contributed by atoms with Crippen molar-refractivity contribution in [3.8, 4) is 5.75 Å². The molecule has 5 heteroatoms. The minimum absolute atomic E-state index is 0.155. The lowest BCUT2D eigenvalue weighted by Gasteiger charge is -2.31. The Hall–Kier alpha value is -1.98. The van der Waals surface area contributed by atoms with E-state index in [1.165, 1.54) is 10.5 Å². The van der Waals surface area contributed by atoms with Gasteiger partial charge in [-0.25, -0.2) is 10.9 Å². The molecule has 2 unspecified atom stereocenters. The number of carbonyl (C=O) groups is 1. The third-order valence-electron chi connectivity index (χ3n) is 5.34. The molecule has 1 saturated heterocycles. The summed E-state index contributed by atoms with van der Waals surface area (Å²) in [6.07, 6.45) is 1.96. The molecule has 0 radical (unpaired) electrons. The van der Waals surface area contributed by atoms with Crippen molar-refractivity contribution in [2.24, 2.45) is 5.92 Å². The third-order valence-corrected chi connectivity index (χ3v) is 8.55. The molecule has 4 nitrogen and oxygen atoms in total. The molecule has 0 aliphatic carbocycles. The molecule has 0 bridgehead atoms. The van der Waals surface area contributed by atoms with Crippen molar-refractivity contribution in [3.05, 3.63) is 60.2 Å². The number of likely N-dealkylation sites (N-methyl/N-ethyl adjacent to an activating group) is 1. The number of rotatable bonds is 8. The topological polar surface area (TPSA) is 58.6 Å². The van der Waals surface area contributed by atoms with E-state index in [0.717, 1.165) is 24.3 Å². The lowest BCUT2D eigenvalue weighted by atomic mass is 9.99. The van der Waals surface area contributed by atoms with Crippen molar-refractivity contribution in [1.82, 2.24) is 5.32 Å². The Kier molecular flexibility index (Phi) is 6.80. The minimum atomic E-state index is -0.751. The van der Waals surface area contributed by atoms with E-state index in [1.807, 2.05) is 30.3 Å². The maximum Gasteiger partial charge on any atom is 0.321 e. The van der Waals surface area contributed by atoms with E-state index in [4.69, 9.17) is 4.74 Å². The van der Waals surface area contributed by atoms with Crippen LogP contribution in [-0.4, -0.2) is 41.8 Å². The summed E-state index contributed by atoms with van der Waals surface area (Å²) in [4.78, 5) is 13.0. The van der Waals surface area contributed by atoms with Gasteiger partial charge in [0.1, 0.15) is 11.8 Å². The van der Waals surface area contributed by atoms with Crippen LogP contribution in [0.2, 0.25) is 0 Å². The van der Waals surface area contributed by atoms with Gasteiger partial charge in [-0.2, -0.15) is 0 Å². The van der Waals surface area contributed by atoms with Crippen molar-refractivity contribution in [2.45, 2.75) is 36.0 Å². The second-order valence-corrected chi connectivity index (χ2v) is 9.64. The van der Waals surface area contributed by atoms with Crippen LogP contribution in [0.1, 0.15) is 18.9 Å². The van der Waals surface area contributed by atoms with Gasteiger partial charge in [0, 0.05) is 11.7 Å². The van der Waals surface area contributed by atoms with Crippen LogP contribution < -0.4 is 10.1 Å². The van der Waals surface area contributed by atoms with Crippen molar-refractivity contribution in [3.63, 3.8) is 0 Å². The van der Waals surface area contributed by atoms with Crippen LogP contribution >= 0.6 is 10.9 Å². The maximum absolute atomic E-state index is 11.7. The molecule has 0 amide bonds. The number of nitrogens with one attached hydrogen (secondary N) is 1. The van der Waals surface area contributed by atoms with Gasteiger partial charge in [0.2, 0.25) is 0 Å². The van der Waals surface area contributed by atoms with E-state index < -0.39 is 22.9 Å². The van der Waals surface area contributed by atoms with Gasteiger partial charge >= 0.3 is 5.97 Å². The highest BCUT2D eigenvalue weighted by molar-refractivity contribution is 8.17. The third kappa shape index (κ3) is 4.85. The fourth-order valence-electron chi connectivity index (χ4n) is 3.90.